The van der Waals surface area contributed by atoms with Crippen LogP contribution >= 0.6 is 0 Å². The van der Waals surface area contributed by atoms with Crippen LogP contribution in [-0.4, -0.2) is 24.5 Å². The molecule has 0 aliphatic heterocycles. The first-order valence-electron chi connectivity index (χ1n) is 5.37. The Hall–Kier alpha value is -2.35. The third-order valence-corrected chi connectivity index (χ3v) is 4.02. The fourth-order valence-electron chi connectivity index (χ4n) is 1.54. The first kappa shape index (κ1) is 13.1. The van der Waals surface area contributed by atoms with Crippen molar-refractivity contribution in [3.05, 3.63) is 41.7 Å². The molecule has 19 heavy (non-hydrogen) atoms. The van der Waals surface area contributed by atoms with Crippen molar-refractivity contribution < 1.29 is 8.42 Å². The minimum absolute atomic E-state index is 0.0694. The summed E-state index contributed by atoms with van der Waals surface area (Å²) in [6.07, 6.45) is 1.25. The first-order valence-corrected chi connectivity index (χ1v) is 6.86. The molecular formula is C11H13N5O2S. The molecule has 7 nitrogen and oxygen atoms in total. The van der Waals surface area contributed by atoms with Crippen molar-refractivity contribution in [1.29, 1.82) is 5.41 Å². The Morgan fingerprint density at radius 1 is 1.37 bits per heavy atom. The topological polar surface area (TPSA) is 125 Å². The standard InChI is InChI=1S/C11H13N5O2S/c1-7-10(6-14-15-7)19(17,18)16-9-4-2-8(3-5-9)11(12)13/h2-6,16H,1H3,(H3,12,13)(H,14,15). The highest BCUT2D eigenvalue weighted by Crippen LogP contribution is 2.17. The highest BCUT2D eigenvalue weighted by Gasteiger charge is 2.18. The molecule has 5 N–H and O–H groups in total. The van der Waals surface area contributed by atoms with Gasteiger partial charge in [-0.05, 0) is 31.2 Å². The van der Waals surface area contributed by atoms with Gasteiger partial charge in [0.2, 0.25) is 0 Å². The molecule has 2 aromatic rings. The molecule has 8 heteroatoms. The van der Waals surface area contributed by atoms with Crippen molar-refractivity contribution in [2.45, 2.75) is 11.8 Å². The van der Waals surface area contributed by atoms with Crippen molar-refractivity contribution in [3.8, 4) is 0 Å². The normalized spacial score (nSPS) is 11.2. The molecule has 1 aromatic carbocycles. The Balaban J connectivity index is 2.26. The monoisotopic (exact) mass is 279 g/mol. The van der Waals surface area contributed by atoms with E-state index in [0.29, 0.717) is 16.9 Å². The maximum Gasteiger partial charge on any atom is 0.265 e. The number of nitrogens with one attached hydrogen (secondary N) is 3. The number of rotatable bonds is 4. The highest BCUT2D eigenvalue weighted by molar-refractivity contribution is 7.92. The molecule has 2 rings (SSSR count). The first-order chi connectivity index (χ1) is 8.90. The number of nitrogens with two attached hydrogens (primary N) is 1. The molecule has 1 aromatic heterocycles. The van der Waals surface area contributed by atoms with Gasteiger partial charge in [0, 0.05) is 11.3 Å². The Kier molecular flexibility index (Phi) is 3.26. The summed E-state index contributed by atoms with van der Waals surface area (Å²) in [7, 11) is -3.66. The van der Waals surface area contributed by atoms with Crippen LogP contribution in [0.25, 0.3) is 0 Å². The number of nitrogen functional groups attached to an aromatic ring is 1. The minimum atomic E-state index is -3.66. The van der Waals surface area contributed by atoms with E-state index in [1.165, 1.54) is 6.20 Å². The number of aromatic nitrogens is 2. The highest BCUT2D eigenvalue weighted by atomic mass is 32.2. The van der Waals surface area contributed by atoms with E-state index in [4.69, 9.17) is 11.1 Å². The molecule has 0 saturated carbocycles. The predicted molar refractivity (Wildman–Crippen MR) is 71.6 cm³/mol. The van der Waals surface area contributed by atoms with Crippen LogP contribution in [0.1, 0.15) is 11.3 Å². The van der Waals surface area contributed by atoms with Gasteiger partial charge < -0.3 is 5.73 Å². The largest absolute Gasteiger partial charge is 0.384 e. The summed E-state index contributed by atoms with van der Waals surface area (Å²) in [4.78, 5) is 0.100. The lowest BCUT2D eigenvalue weighted by Crippen LogP contribution is -2.14. The maximum atomic E-state index is 12.1. The van der Waals surface area contributed by atoms with Gasteiger partial charge in [-0.3, -0.25) is 15.2 Å². The number of benzene rings is 1. The van der Waals surface area contributed by atoms with E-state index in [9.17, 15) is 8.42 Å². The summed E-state index contributed by atoms with van der Waals surface area (Å²) in [6, 6.07) is 6.23. The van der Waals surface area contributed by atoms with Crippen LogP contribution in [-0.2, 0) is 10.0 Å². The molecular weight excluding hydrogens is 266 g/mol. The Morgan fingerprint density at radius 2 is 2.00 bits per heavy atom. The molecule has 0 bridgehead atoms. The summed E-state index contributed by atoms with van der Waals surface area (Å²) < 4.78 is 26.6. The zero-order chi connectivity index (χ0) is 14.0. The summed E-state index contributed by atoms with van der Waals surface area (Å²) in [5.74, 6) is -0.0694. The number of aryl methyl sites for hydroxylation is 1. The van der Waals surface area contributed by atoms with Crippen molar-refractivity contribution in [3.63, 3.8) is 0 Å². The van der Waals surface area contributed by atoms with E-state index in [1.807, 2.05) is 0 Å². The SMILES string of the molecule is Cc1[nH]ncc1S(=O)(=O)Nc1ccc(C(=N)N)cc1. The number of hydrogen-bond donors (Lipinski definition) is 4. The van der Waals surface area contributed by atoms with E-state index in [-0.39, 0.29) is 10.7 Å². The third kappa shape index (κ3) is 2.74. The second-order valence-corrected chi connectivity index (χ2v) is 5.61. The van der Waals surface area contributed by atoms with Gasteiger partial charge in [0.05, 0.1) is 11.9 Å². The number of aromatic amines is 1. The van der Waals surface area contributed by atoms with E-state index < -0.39 is 10.0 Å². The van der Waals surface area contributed by atoms with Crippen LogP contribution in [0.3, 0.4) is 0 Å². The fourth-order valence-corrected chi connectivity index (χ4v) is 2.74. The van der Waals surface area contributed by atoms with E-state index in [1.54, 1.807) is 31.2 Å². The number of sulfonamides is 1. The van der Waals surface area contributed by atoms with Gasteiger partial charge in [-0.2, -0.15) is 5.10 Å². The van der Waals surface area contributed by atoms with Crippen LogP contribution in [0, 0.1) is 12.3 Å². The molecule has 0 fully saturated rings. The lowest BCUT2D eigenvalue weighted by atomic mass is 10.2. The average Bonchev–Trinajstić information content (AvgIpc) is 2.76. The van der Waals surface area contributed by atoms with Gasteiger partial charge in [-0.25, -0.2) is 8.42 Å². The number of amidine groups is 1. The number of hydrogen-bond acceptors (Lipinski definition) is 4. The summed E-state index contributed by atoms with van der Waals surface area (Å²) in [5, 5.41) is 13.5. The van der Waals surface area contributed by atoms with E-state index >= 15 is 0 Å². The number of H-pyrrole nitrogens is 1. The molecule has 0 spiro atoms. The number of nitrogens with zero attached hydrogens (tertiary/aromatic N) is 1. The van der Waals surface area contributed by atoms with Crippen LogP contribution in [0.5, 0.6) is 0 Å². The second-order valence-electron chi connectivity index (χ2n) is 3.96. The Bertz CT molecular complexity index is 703. The predicted octanol–water partition coefficient (Wildman–Crippen LogP) is 0.803. The smallest absolute Gasteiger partial charge is 0.265 e. The number of anilines is 1. The van der Waals surface area contributed by atoms with Crippen LogP contribution in [0.2, 0.25) is 0 Å². The van der Waals surface area contributed by atoms with Crippen LogP contribution in [0.15, 0.2) is 35.4 Å². The summed E-state index contributed by atoms with van der Waals surface area (Å²) in [6.45, 7) is 1.63. The van der Waals surface area contributed by atoms with Crippen LogP contribution < -0.4 is 10.5 Å². The lowest BCUT2D eigenvalue weighted by Gasteiger charge is -2.07. The Labute approximate surface area is 110 Å². The summed E-state index contributed by atoms with van der Waals surface area (Å²) >= 11 is 0. The van der Waals surface area contributed by atoms with Gasteiger partial charge in [-0.1, -0.05) is 0 Å². The quantitative estimate of drug-likeness (QED) is 0.488. The zero-order valence-electron chi connectivity index (χ0n) is 10.1. The van der Waals surface area contributed by atoms with E-state index in [0.717, 1.165) is 0 Å². The third-order valence-electron chi connectivity index (χ3n) is 2.52. The summed E-state index contributed by atoms with van der Waals surface area (Å²) in [5.41, 5.74) is 6.71. The van der Waals surface area contributed by atoms with Crippen LogP contribution in [0.4, 0.5) is 5.69 Å². The molecule has 0 saturated heterocycles. The van der Waals surface area contributed by atoms with Crippen molar-refractivity contribution in [2.75, 3.05) is 4.72 Å². The zero-order valence-corrected chi connectivity index (χ0v) is 11.0. The minimum Gasteiger partial charge on any atom is -0.384 e. The van der Waals surface area contributed by atoms with Crippen molar-refractivity contribution in [2.24, 2.45) is 5.73 Å². The molecule has 0 aliphatic rings. The van der Waals surface area contributed by atoms with Crippen molar-refractivity contribution >= 4 is 21.5 Å². The molecule has 0 atom stereocenters. The lowest BCUT2D eigenvalue weighted by molar-refractivity contribution is 0.600. The molecule has 1 heterocycles. The van der Waals surface area contributed by atoms with Gasteiger partial charge >= 0.3 is 0 Å². The molecule has 0 amide bonds. The van der Waals surface area contributed by atoms with Crippen molar-refractivity contribution in [1.82, 2.24) is 10.2 Å². The van der Waals surface area contributed by atoms with Gasteiger partial charge in [0.15, 0.2) is 0 Å². The van der Waals surface area contributed by atoms with Gasteiger partial charge in [-0.15, -0.1) is 0 Å². The maximum absolute atomic E-state index is 12.1. The molecule has 100 valence electrons. The van der Waals surface area contributed by atoms with Gasteiger partial charge in [0.25, 0.3) is 10.0 Å². The van der Waals surface area contributed by atoms with E-state index in [2.05, 4.69) is 14.9 Å². The second kappa shape index (κ2) is 4.73. The molecule has 0 aliphatic carbocycles. The van der Waals surface area contributed by atoms with Gasteiger partial charge in [0.1, 0.15) is 10.7 Å². The fraction of sp³-hybridized carbons (Fsp3) is 0.0909. The molecule has 0 unspecified atom stereocenters. The Morgan fingerprint density at radius 3 is 2.47 bits per heavy atom. The average molecular weight is 279 g/mol. The molecule has 0 radical (unpaired) electrons.